The van der Waals surface area contributed by atoms with Gasteiger partial charge in [0.1, 0.15) is 19.3 Å². The number of phosphoric acid groups is 2. The highest BCUT2D eigenvalue weighted by molar-refractivity contribution is 7.47. The van der Waals surface area contributed by atoms with Crippen LogP contribution >= 0.6 is 15.6 Å². The number of carbonyl (C=O) groups excluding carboxylic acids is 4. The van der Waals surface area contributed by atoms with E-state index in [1.807, 2.05) is 0 Å². The van der Waals surface area contributed by atoms with Crippen LogP contribution in [-0.4, -0.2) is 96.7 Å². The van der Waals surface area contributed by atoms with Crippen molar-refractivity contribution in [1.82, 2.24) is 0 Å². The quantitative estimate of drug-likeness (QED) is 0.0222. The van der Waals surface area contributed by atoms with Gasteiger partial charge in [0.15, 0.2) is 12.2 Å². The summed E-state index contributed by atoms with van der Waals surface area (Å²) in [6.45, 7) is 12.0. The summed E-state index contributed by atoms with van der Waals surface area (Å²) in [4.78, 5) is 73.0. The molecule has 0 rings (SSSR count). The fraction of sp³-hybridized carbons (Fsp3) is 0.951. The Labute approximate surface area is 619 Å². The van der Waals surface area contributed by atoms with E-state index in [1.165, 1.54) is 238 Å². The number of hydrogen-bond acceptors (Lipinski definition) is 15. The summed E-state index contributed by atoms with van der Waals surface area (Å²) in [5, 5.41) is 10.6. The molecule has 3 N–H and O–H groups in total. The Morgan fingerprint density at radius 3 is 0.752 bits per heavy atom. The Balaban J connectivity index is 5.23. The van der Waals surface area contributed by atoms with Gasteiger partial charge < -0.3 is 33.8 Å². The van der Waals surface area contributed by atoms with E-state index in [0.717, 1.165) is 108 Å². The zero-order valence-corrected chi connectivity index (χ0v) is 68.2. The van der Waals surface area contributed by atoms with Crippen LogP contribution in [0, 0.1) is 17.8 Å². The van der Waals surface area contributed by atoms with Gasteiger partial charge in [-0.2, -0.15) is 0 Å². The second-order valence-corrected chi connectivity index (χ2v) is 33.4. The molecule has 0 aliphatic rings. The normalized spacial score (nSPS) is 14.5. The molecule has 17 nitrogen and oxygen atoms in total. The summed E-state index contributed by atoms with van der Waals surface area (Å²) in [5.41, 5.74) is 0. The second-order valence-electron chi connectivity index (χ2n) is 30.5. The third kappa shape index (κ3) is 73.4. The van der Waals surface area contributed by atoms with Gasteiger partial charge in [-0.3, -0.25) is 37.3 Å². The van der Waals surface area contributed by atoms with Crippen molar-refractivity contribution in [1.29, 1.82) is 0 Å². The molecule has 0 radical (unpaired) electrons. The van der Waals surface area contributed by atoms with Crippen molar-refractivity contribution in [2.75, 3.05) is 39.6 Å². The minimum atomic E-state index is -4.96. The van der Waals surface area contributed by atoms with E-state index in [4.69, 9.17) is 37.0 Å². The minimum absolute atomic E-state index is 0.105. The number of aliphatic hydroxyl groups excluding tert-OH is 1. The van der Waals surface area contributed by atoms with E-state index in [-0.39, 0.29) is 25.7 Å². The van der Waals surface area contributed by atoms with Gasteiger partial charge in [0.2, 0.25) is 0 Å². The maximum absolute atomic E-state index is 13.1. The van der Waals surface area contributed by atoms with E-state index in [1.54, 1.807) is 0 Å². The van der Waals surface area contributed by atoms with Crippen LogP contribution in [0.4, 0.5) is 0 Å². The average Bonchev–Trinajstić information content (AvgIpc) is 0.976. The number of phosphoric ester groups is 2. The Kier molecular flexibility index (Phi) is 70.9. The molecular weight excluding hydrogens is 1320 g/mol. The Morgan fingerprint density at radius 1 is 0.287 bits per heavy atom. The van der Waals surface area contributed by atoms with E-state index in [0.29, 0.717) is 25.7 Å². The number of rotatable bonds is 80. The number of esters is 4. The summed E-state index contributed by atoms with van der Waals surface area (Å²) in [6, 6.07) is 0. The maximum atomic E-state index is 13.1. The van der Waals surface area contributed by atoms with Crippen molar-refractivity contribution in [3.63, 3.8) is 0 Å². The standard InChI is InChI=1S/C82H160O17P2/c1-8-11-12-13-14-15-16-17-22-26-29-34-42-49-56-63-79(84)92-69-77(98-81(86)65-58-51-44-35-30-27-24-21-19-18-20-23-25-28-33-40-47-54-61-74(6)9-2)71-96-100(88,89)94-67-76(83)68-95-101(90,91)97-72-78(99-82(87)66-59-52-45-36-31-32-39-46-53-60-73(4)5)70-93-80(85)64-57-50-43-38-37-41-48-55-62-75(7)10-3/h73-78,83H,8-72H2,1-7H3,(H,88,89)(H,90,91)/t74?,75?,76-,77-,78-/m1/s1. The molecule has 101 heavy (non-hydrogen) atoms. The molecule has 0 bridgehead atoms. The van der Waals surface area contributed by atoms with Gasteiger partial charge in [-0.1, -0.05) is 376 Å². The molecule has 19 heteroatoms. The van der Waals surface area contributed by atoms with Gasteiger partial charge in [-0.15, -0.1) is 0 Å². The van der Waals surface area contributed by atoms with Crippen molar-refractivity contribution in [2.45, 2.75) is 446 Å². The second kappa shape index (κ2) is 72.3. The van der Waals surface area contributed by atoms with Gasteiger partial charge in [0, 0.05) is 25.7 Å². The molecule has 0 spiro atoms. The van der Waals surface area contributed by atoms with Crippen molar-refractivity contribution in [2.24, 2.45) is 17.8 Å². The largest absolute Gasteiger partial charge is 0.472 e. The van der Waals surface area contributed by atoms with Crippen molar-refractivity contribution in [3.05, 3.63) is 0 Å². The smallest absolute Gasteiger partial charge is 0.462 e. The van der Waals surface area contributed by atoms with Gasteiger partial charge >= 0.3 is 39.5 Å². The van der Waals surface area contributed by atoms with Gasteiger partial charge in [-0.25, -0.2) is 9.13 Å². The molecule has 0 heterocycles. The zero-order chi connectivity index (χ0) is 74.4. The predicted octanol–water partition coefficient (Wildman–Crippen LogP) is 24.5. The first-order valence-corrected chi connectivity index (χ1v) is 45.4. The third-order valence-electron chi connectivity index (χ3n) is 19.9. The van der Waals surface area contributed by atoms with E-state index >= 15 is 0 Å². The summed E-state index contributed by atoms with van der Waals surface area (Å²) in [6.07, 6.45) is 61.0. The summed E-state index contributed by atoms with van der Waals surface area (Å²) in [7, 11) is -9.92. The third-order valence-corrected chi connectivity index (χ3v) is 21.8. The lowest BCUT2D eigenvalue weighted by molar-refractivity contribution is -0.161. The molecule has 0 aromatic carbocycles. The molecule has 0 aromatic rings. The molecule has 4 unspecified atom stereocenters. The van der Waals surface area contributed by atoms with Crippen LogP contribution < -0.4 is 0 Å². The monoisotopic (exact) mass is 1480 g/mol. The number of ether oxygens (including phenoxy) is 4. The van der Waals surface area contributed by atoms with E-state index in [2.05, 4.69) is 48.5 Å². The molecule has 7 atom stereocenters. The van der Waals surface area contributed by atoms with Crippen molar-refractivity contribution >= 4 is 39.5 Å². The maximum Gasteiger partial charge on any atom is 0.472 e. The number of hydrogen-bond donors (Lipinski definition) is 3. The number of aliphatic hydroxyl groups is 1. The first-order chi connectivity index (χ1) is 48.8. The average molecular weight is 1480 g/mol. The molecule has 0 amide bonds. The molecule has 600 valence electrons. The van der Waals surface area contributed by atoms with Crippen molar-refractivity contribution in [3.8, 4) is 0 Å². The molecule has 0 aliphatic carbocycles. The molecule has 0 saturated carbocycles. The first-order valence-electron chi connectivity index (χ1n) is 42.4. The summed E-state index contributed by atoms with van der Waals surface area (Å²) < 4.78 is 68.7. The highest BCUT2D eigenvalue weighted by Crippen LogP contribution is 2.45. The SMILES string of the molecule is CCCCCCCCCCCCCCCCCC(=O)OC[C@H](COP(=O)(O)OC[C@@H](O)COP(=O)(O)OC[C@@H](COC(=O)CCCCCCCCCCC(C)CC)OC(=O)CCCCCCCCCCCC(C)C)OC(=O)CCCCCCCCCCCCCCCCCCCCC(C)CC. The molecule has 0 fully saturated rings. The van der Waals surface area contributed by atoms with Gasteiger partial charge in [0.05, 0.1) is 26.4 Å². The van der Waals surface area contributed by atoms with Crippen LogP contribution in [0.2, 0.25) is 0 Å². The summed E-state index contributed by atoms with van der Waals surface area (Å²) in [5.74, 6) is 0.274. The van der Waals surface area contributed by atoms with Crippen LogP contribution in [0.25, 0.3) is 0 Å². The first kappa shape index (κ1) is 99.1. The molecule has 0 saturated heterocycles. The minimum Gasteiger partial charge on any atom is -0.462 e. The Hall–Kier alpha value is -1.94. The molecular formula is C82H160O17P2. The van der Waals surface area contributed by atoms with Crippen LogP contribution in [0.5, 0.6) is 0 Å². The highest BCUT2D eigenvalue weighted by Gasteiger charge is 2.30. The fourth-order valence-corrected chi connectivity index (χ4v) is 14.2. The van der Waals surface area contributed by atoms with E-state index < -0.39 is 97.5 Å². The predicted molar refractivity (Wildman–Crippen MR) is 414 cm³/mol. The lowest BCUT2D eigenvalue weighted by Gasteiger charge is -2.21. The summed E-state index contributed by atoms with van der Waals surface area (Å²) >= 11 is 0. The molecule has 0 aromatic heterocycles. The fourth-order valence-electron chi connectivity index (χ4n) is 12.6. The molecule has 0 aliphatic heterocycles. The number of unbranched alkanes of at least 4 members (excludes halogenated alkanes) is 46. The van der Waals surface area contributed by atoms with Gasteiger partial charge in [0.25, 0.3) is 0 Å². The Morgan fingerprint density at radius 2 is 0.505 bits per heavy atom. The van der Waals surface area contributed by atoms with Crippen LogP contribution in [0.15, 0.2) is 0 Å². The topological polar surface area (TPSA) is 237 Å². The van der Waals surface area contributed by atoms with E-state index in [9.17, 15) is 43.2 Å². The zero-order valence-electron chi connectivity index (χ0n) is 66.4. The van der Waals surface area contributed by atoms with Crippen LogP contribution in [0.1, 0.15) is 427 Å². The lowest BCUT2D eigenvalue weighted by Crippen LogP contribution is -2.30. The highest BCUT2D eigenvalue weighted by atomic mass is 31.2. The van der Waals surface area contributed by atoms with Crippen molar-refractivity contribution < 1.29 is 80.2 Å². The number of carbonyl (C=O) groups is 4. The lowest BCUT2D eigenvalue weighted by atomic mass is 9.99. The van der Waals surface area contributed by atoms with Crippen LogP contribution in [-0.2, 0) is 65.4 Å². The van der Waals surface area contributed by atoms with Gasteiger partial charge in [-0.05, 0) is 43.4 Å². The Bertz CT molecular complexity index is 1960. The van der Waals surface area contributed by atoms with Crippen LogP contribution in [0.3, 0.4) is 0 Å².